The molecular formula is C23H30BN5O8S2. The van der Waals surface area contributed by atoms with Gasteiger partial charge in [-0.1, -0.05) is 5.16 Å². The first-order chi connectivity index (χ1) is 18.1. The number of nitrogens with two attached hydrogens (primary N) is 1. The Hall–Kier alpha value is -3.11. The Labute approximate surface area is 235 Å². The van der Waals surface area contributed by atoms with E-state index < -0.39 is 39.4 Å². The van der Waals surface area contributed by atoms with Crippen molar-refractivity contribution in [1.29, 1.82) is 0 Å². The summed E-state index contributed by atoms with van der Waals surface area (Å²) in [5.41, 5.74) is 5.00. The molecule has 2 N–H and O–H groups in total. The van der Waals surface area contributed by atoms with Gasteiger partial charge in [0, 0.05) is 25.4 Å². The minimum atomic E-state index is -1.48. The van der Waals surface area contributed by atoms with Gasteiger partial charge >= 0.3 is 14.0 Å². The van der Waals surface area contributed by atoms with Gasteiger partial charge in [-0.3, -0.25) is 28.8 Å². The third-order valence-electron chi connectivity index (χ3n) is 6.14. The van der Waals surface area contributed by atoms with E-state index in [0.717, 1.165) is 11.8 Å². The van der Waals surface area contributed by atoms with E-state index in [1.54, 1.807) is 26.3 Å². The number of β-lactam (4-membered cyclic amide) rings is 1. The monoisotopic (exact) mass is 579 g/mol. The van der Waals surface area contributed by atoms with Crippen LogP contribution in [0.1, 0.15) is 44.8 Å². The van der Waals surface area contributed by atoms with Gasteiger partial charge in [-0.15, -0.1) is 23.1 Å². The number of rotatable bonds is 10. The number of likely N-dealkylation sites (N-methyl/N-ethyl adjacent to an activating group) is 1. The molecule has 2 aliphatic heterocycles. The standard InChI is InChI=1S/C18H21BN4O6S2.C5H9NO2/c1-8(24)17(3,4)29-22-13(11-6-30-9(2)21-11)12(25)5-10-14(26)23-7-18(20,16(27)28-19)31-15(10)23;1-3-6(2)5(8)4-7/h6,10,15H,5,7,20H2,1-4H3;4H,3H2,1-2H3/b22-13-;/t10-,15?,18-;/m1./s1. The quantitative estimate of drug-likeness (QED) is 0.0983. The van der Waals surface area contributed by atoms with Crippen molar-refractivity contribution in [2.45, 2.75) is 56.9 Å². The molecule has 0 spiro atoms. The van der Waals surface area contributed by atoms with Crippen LogP contribution in [0.3, 0.4) is 0 Å². The molecule has 39 heavy (non-hydrogen) atoms. The lowest BCUT2D eigenvalue weighted by atomic mass is 9.90. The number of thioether (sulfide) groups is 1. The molecule has 16 heteroatoms. The molecule has 1 aromatic rings. The third-order valence-corrected chi connectivity index (χ3v) is 8.45. The highest BCUT2D eigenvalue weighted by Gasteiger charge is 2.60. The molecule has 1 aromatic heterocycles. The fourth-order valence-corrected chi connectivity index (χ4v) is 5.36. The molecule has 210 valence electrons. The lowest BCUT2D eigenvalue weighted by Crippen LogP contribution is -2.58. The van der Waals surface area contributed by atoms with Crippen molar-refractivity contribution in [3.8, 4) is 0 Å². The average Bonchev–Trinajstić information content (AvgIpc) is 3.47. The zero-order valence-electron chi connectivity index (χ0n) is 22.5. The number of hydrogen-bond donors (Lipinski definition) is 1. The lowest BCUT2D eigenvalue weighted by molar-refractivity contribution is -0.152. The normalized spacial score (nSPS) is 22.1. The van der Waals surface area contributed by atoms with Crippen LogP contribution >= 0.6 is 23.1 Å². The van der Waals surface area contributed by atoms with Gasteiger partial charge in [0.15, 0.2) is 27.8 Å². The van der Waals surface area contributed by atoms with Crippen LogP contribution in [0.5, 0.6) is 0 Å². The second-order valence-electron chi connectivity index (χ2n) is 9.32. The number of aromatic nitrogens is 1. The Morgan fingerprint density at radius 3 is 2.49 bits per heavy atom. The molecule has 2 amide bonds. The van der Waals surface area contributed by atoms with Gasteiger partial charge < -0.3 is 25.0 Å². The summed E-state index contributed by atoms with van der Waals surface area (Å²) in [6.07, 6.45) is 0.128. The maximum Gasteiger partial charge on any atom is 0.378 e. The maximum absolute atomic E-state index is 13.1. The highest BCUT2D eigenvalue weighted by molar-refractivity contribution is 8.02. The number of carbonyl (C=O) groups excluding carboxylic acids is 6. The molecule has 1 unspecified atom stereocenters. The third kappa shape index (κ3) is 7.31. The van der Waals surface area contributed by atoms with E-state index in [1.165, 1.54) is 41.9 Å². The molecule has 13 nitrogen and oxygen atoms in total. The molecular weight excluding hydrogens is 549 g/mol. The van der Waals surface area contributed by atoms with Gasteiger partial charge in [-0.25, -0.2) is 4.98 Å². The predicted octanol–water partition coefficient (Wildman–Crippen LogP) is -0.0244. The molecule has 3 heterocycles. The molecule has 3 atom stereocenters. The zero-order chi connectivity index (χ0) is 29.7. The Morgan fingerprint density at radius 2 is 2.03 bits per heavy atom. The summed E-state index contributed by atoms with van der Waals surface area (Å²) >= 11 is 2.35. The van der Waals surface area contributed by atoms with E-state index in [2.05, 4.69) is 14.8 Å². The molecule has 2 fully saturated rings. The van der Waals surface area contributed by atoms with E-state index in [4.69, 9.17) is 18.6 Å². The topological polar surface area (TPSA) is 179 Å². The minimum absolute atomic E-state index is 0.0516. The van der Waals surface area contributed by atoms with Crippen LogP contribution in [0.4, 0.5) is 0 Å². The average molecular weight is 579 g/mol. The van der Waals surface area contributed by atoms with Crippen molar-refractivity contribution < 1.29 is 38.3 Å². The van der Waals surface area contributed by atoms with Crippen LogP contribution in [0.2, 0.25) is 0 Å². The largest absolute Gasteiger partial charge is 0.541 e. The van der Waals surface area contributed by atoms with E-state index in [9.17, 15) is 28.8 Å². The van der Waals surface area contributed by atoms with Gasteiger partial charge in [0.25, 0.3) is 5.91 Å². The van der Waals surface area contributed by atoms with Crippen molar-refractivity contribution in [1.82, 2.24) is 14.8 Å². The van der Waals surface area contributed by atoms with Crippen LogP contribution in [-0.2, 0) is 38.3 Å². The number of oxime groups is 1. The second kappa shape index (κ2) is 12.8. The number of aryl methyl sites for hydroxylation is 1. The van der Waals surface area contributed by atoms with Gasteiger partial charge in [0.1, 0.15) is 5.69 Å². The van der Waals surface area contributed by atoms with Crippen molar-refractivity contribution in [3.05, 3.63) is 16.1 Å². The first-order valence-electron chi connectivity index (χ1n) is 11.7. The smallest absolute Gasteiger partial charge is 0.378 e. The van der Waals surface area contributed by atoms with Gasteiger partial charge in [0.05, 0.1) is 22.8 Å². The van der Waals surface area contributed by atoms with Crippen molar-refractivity contribution in [3.63, 3.8) is 0 Å². The summed E-state index contributed by atoms with van der Waals surface area (Å²) in [4.78, 5) is 80.1. The second-order valence-corrected chi connectivity index (χ2v) is 11.8. The van der Waals surface area contributed by atoms with Gasteiger partial charge in [-0.2, -0.15) is 0 Å². The predicted molar refractivity (Wildman–Crippen MR) is 144 cm³/mol. The number of amides is 2. The zero-order valence-corrected chi connectivity index (χ0v) is 24.1. The van der Waals surface area contributed by atoms with Crippen molar-refractivity contribution in [2.24, 2.45) is 16.8 Å². The molecule has 0 saturated carbocycles. The first-order valence-corrected chi connectivity index (χ1v) is 13.5. The first kappa shape index (κ1) is 32.1. The summed E-state index contributed by atoms with van der Waals surface area (Å²) in [6, 6.07) is 0. The Balaban J connectivity index is 0.000000580. The molecule has 2 saturated heterocycles. The highest BCUT2D eigenvalue weighted by Crippen LogP contribution is 2.48. The molecule has 0 bridgehead atoms. The summed E-state index contributed by atoms with van der Waals surface area (Å²) in [7, 11) is 6.51. The fourth-order valence-electron chi connectivity index (χ4n) is 3.29. The summed E-state index contributed by atoms with van der Waals surface area (Å²) in [5, 5.41) is 5.84. The van der Waals surface area contributed by atoms with Crippen LogP contribution in [0, 0.1) is 12.8 Å². The summed E-state index contributed by atoms with van der Waals surface area (Å²) in [5.74, 6) is -3.05. The number of carbonyl (C=O) groups is 6. The van der Waals surface area contributed by atoms with E-state index in [1.807, 2.05) is 0 Å². The van der Waals surface area contributed by atoms with Crippen molar-refractivity contribution >= 4 is 72.5 Å². The SMILES string of the molecule is CCN(C)C(=O)C=O.[B]OC(=O)[C@@]1(N)CN2C(=O)[C@@H](CC(=O)/C(=N\OC(C)(C)C(C)=O)c3csc(C)n3)C2S1. The van der Waals surface area contributed by atoms with Crippen LogP contribution in [0.15, 0.2) is 10.5 Å². The number of hydrogen-bond acceptors (Lipinski definition) is 13. The Kier molecular flexibility index (Phi) is 10.6. The number of fused-ring (bicyclic) bond motifs is 1. The molecule has 3 rings (SSSR count). The van der Waals surface area contributed by atoms with E-state index >= 15 is 0 Å². The number of ketones is 2. The summed E-state index contributed by atoms with van der Waals surface area (Å²) < 4.78 is 4.23. The molecule has 2 aliphatic rings. The molecule has 0 aromatic carbocycles. The maximum atomic E-state index is 13.1. The number of aldehydes is 1. The lowest BCUT2D eigenvalue weighted by Gasteiger charge is -2.41. The van der Waals surface area contributed by atoms with Crippen LogP contribution in [-0.4, -0.2) is 100 Å². The van der Waals surface area contributed by atoms with Crippen LogP contribution in [0.25, 0.3) is 0 Å². The summed E-state index contributed by atoms with van der Waals surface area (Å²) in [6.45, 7) is 8.54. The number of thiazole rings is 1. The Bertz CT molecular complexity index is 1190. The number of Topliss-reactive ketones (excluding diaryl/α,β-unsaturated/α-hetero) is 2. The van der Waals surface area contributed by atoms with E-state index in [0.29, 0.717) is 23.5 Å². The van der Waals surface area contributed by atoms with Crippen LogP contribution < -0.4 is 5.73 Å². The van der Waals surface area contributed by atoms with Gasteiger partial charge in [0.2, 0.25) is 12.2 Å². The minimum Gasteiger partial charge on any atom is -0.541 e. The number of nitrogens with zero attached hydrogens (tertiary/aromatic N) is 4. The van der Waals surface area contributed by atoms with Gasteiger partial charge in [-0.05, 0) is 34.6 Å². The fraction of sp³-hybridized carbons (Fsp3) is 0.565. The highest BCUT2D eigenvalue weighted by atomic mass is 32.2. The molecule has 0 aliphatic carbocycles. The molecule has 2 radical (unpaired) electrons. The van der Waals surface area contributed by atoms with E-state index in [-0.39, 0.29) is 30.4 Å². The Morgan fingerprint density at radius 1 is 1.38 bits per heavy atom. The van der Waals surface area contributed by atoms with Crippen molar-refractivity contribution in [2.75, 3.05) is 20.1 Å².